The van der Waals surface area contributed by atoms with E-state index < -0.39 is 0 Å². The zero-order valence-corrected chi connectivity index (χ0v) is 14.9. The number of piperidine rings is 1. The normalized spacial score (nSPS) is 20.2. The number of rotatable bonds is 3. The molecule has 0 aliphatic carbocycles. The summed E-state index contributed by atoms with van der Waals surface area (Å²) in [6, 6.07) is 4.14. The van der Waals surface area contributed by atoms with E-state index in [0.717, 1.165) is 69.4 Å². The van der Waals surface area contributed by atoms with Crippen LogP contribution in [-0.2, 0) is 6.54 Å². The Morgan fingerprint density at radius 3 is 2.62 bits per heavy atom. The molecule has 1 N–H and O–H groups in total. The van der Waals surface area contributed by atoms with E-state index in [1.807, 2.05) is 17.2 Å². The molecule has 3 rings (SSSR count). The minimum atomic E-state index is 0.0554. The Bertz CT molecular complexity index is 548. The zero-order valence-electron chi connectivity index (χ0n) is 14.9. The Balaban J connectivity index is 1.52. The van der Waals surface area contributed by atoms with Crippen LogP contribution in [-0.4, -0.2) is 67.1 Å². The van der Waals surface area contributed by atoms with Crippen molar-refractivity contribution < 1.29 is 4.79 Å². The standard InChI is InChI=1S/C18H29N5O/c1-15-4-7-23(8-5-15)18(24)20-14-16-3-6-19-17(13-16)22-11-9-21(2)10-12-22/h3,6,13,15H,4-5,7-12,14H2,1-2H3,(H,20,24). The largest absolute Gasteiger partial charge is 0.354 e. The van der Waals surface area contributed by atoms with Gasteiger partial charge in [0.2, 0.25) is 0 Å². The van der Waals surface area contributed by atoms with Gasteiger partial charge < -0.3 is 20.0 Å². The lowest BCUT2D eigenvalue weighted by Gasteiger charge is -2.33. The van der Waals surface area contributed by atoms with Gasteiger partial charge in [-0.2, -0.15) is 0 Å². The van der Waals surface area contributed by atoms with Crippen LogP contribution in [0.15, 0.2) is 18.3 Å². The number of hydrogen-bond acceptors (Lipinski definition) is 4. The molecule has 1 aromatic heterocycles. The maximum absolute atomic E-state index is 12.3. The SMILES string of the molecule is CC1CCN(C(=O)NCc2ccnc(N3CCN(C)CC3)c2)CC1. The number of urea groups is 1. The number of piperazine rings is 1. The number of anilines is 1. The number of likely N-dealkylation sites (tertiary alicyclic amines) is 1. The van der Waals surface area contributed by atoms with Crippen molar-refractivity contribution in [2.75, 3.05) is 51.2 Å². The Morgan fingerprint density at radius 2 is 1.92 bits per heavy atom. The fourth-order valence-electron chi connectivity index (χ4n) is 3.28. The van der Waals surface area contributed by atoms with Gasteiger partial charge in [-0.3, -0.25) is 0 Å². The van der Waals surface area contributed by atoms with Crippen LogP contribution in [0.2, 0.25) is 0 Å². The third-order valence-corrected chi connectivity index (χ3v) is 5.15. The van der Waals surface area contributed by atoms with E-state index in [9.17, 15) is 4.79 Å². The van der Waals surface area contributed by atoms with Crippen LogP contribution in [0.1, 0.15) is 25.3 Å². The number of pyridine rings is 1. The van der Waals surface area contributed by atoms with Gasteiger partial charge in [0.05, 0.1) is 0 Å². The second-order valence-electron chi connectivity index (χ2n) is 7.14. The molecule has 2 aliphatic rings. The average molecular weight is 331 g/mol. The number of aromatic nitrogens is 1. The zero-order chi connectivity index (χ0) is 16.9. The molecule has 0 radical (unpaired) electrons. The molecule has 2 amide bonds. The maximum Gasteiger partial charge on any atom is 0.317 e. The van der Waals surface area contributed by atoms with Crippen LogP contribution in [0.5, 0.6) is 0 Å². The van der Waals surface area contributed by atoms with Gasteiger partial charge in [0.25, 0.3) is 0 Å². The summed E-state index contributed by atoms with van der Waals surface area (Å²) in [5, 5.41) is 3.05. The van der Waals surface area contributed by atoms with Crippen molar-refractivity contribution in [1.82, 2.24) is 20.1 Å². The minimum absolute atomic E-state index is 0.0554. The first kappa shape index (κ1) is 17.0. The van der Waals surface area contributed by atoms with Gasteiger partial charge >= 0.3 is 6.03 Å². The van der Waals surface area contributed by atoms with Crippen LogP contribution >= 0.6 is 0 Å². The Hall–Kier alpha value is -1.82. The Labute approximate surface area is 144 Å². The van der Waals surface area contributed by atoms with Crippen molar-refractivity contribution in [3.8, 4) is 0 Å². The van der Waals surface area contributed by atoms with Crippen LogP contribution < -0.4 is 10.2 Å². The fourth-order valence-corrected chi connectivity index (χ4v) is 3.28. The van der Waals surface area contributed by atoms with Gasteiger partial charge in [-0.25, -0.2) is 9.78 Å². The van der Waals surface area contributed by atoms with E-state index in [-0.39, 0.29) is 6.03 Å². The molecular formula is C18H29N5O. The fraction of sp³-hybridized carbons (Fsp3) is 0.667. The molecule has 0 bridgehead atoms. The predicted octanol–water partition coefficient (Wildman–Crippen LogP) is 1.77. The van der Waals surface area contributed by atoms with Gasteiger partial charge in [0, 0.05) is 52.0 Å². The molecule has 132 valence electrons. The molecule has 2 fully saturated rings. The van der Waals surface area contributed by atoms with E-state index in [1.165, 1.54) is 0 Å². The van der Waals surface area contributed by atoms with Crippen molar-refractivity contribution in [2.45, 2.75) is 26.3 Å². The lowest BCUT2D eigenvalue weighted by atomic mass is 10.00. The number of carbonyl (C=O) groups is 1. The van der Waals surface area contributed by atoms with Crippen LogP contribution in [0.25, 0.3) is 0 Å². The molecule has 1 aromatic rings. The van der Waals surface area contributed by atoms with E-state index in [4.69, 9.17) is 0 Å². The molecule has 0 aromatic carbocycles. The van der Waals surface area contributed by atoms with E-state index in [1.54, 1.807) is 0 Å². The molecule has 0 saturated carbocycles. The highest BCUT2D eigenvalue weighted by atomic mass is 16.2. The molecule has 3 heterocycles. The summed E-state index contributed by atoms with van der Waals surface area (Å²) in [5.74, 6) is 1.75. The minimum Gasteiger partial charge on any atom is -0.354 e. The van der Waals surface area contributed by atoms with E-state index in [0.29, 0.717) is 6.54 Å². The topological polar surface area (TPSA) is 51.7 Å². The van der Waals surface area contributed by atoms with Crippen molar-refractivity contribution in [1.29, 1.82) is 0 Å². The second-order valence-corrected chi connectivity index (χ2v) is 7.14. The lowest BCUT2D eigenvalue weighted by Crippen LogP contribution is -2.45. The van der Waals surface area contributed by atoms with Gasteiger partial charge in [0.1, 0.15) is 5.82 Å². The molecule has 2 aliphatic heterocycles. The van der Waals surface area contributed by atoms with Crippen molar-refractivity contribution in [2.24, 2.45) is 5.92 Å². The quantitative estimate of drug-likeness (QED) is 0.917. The number of nitrogens with zero attached hydrogens (tertiary/aromatic N) is 4. The molecule has 2 saturated heterocycles. The highest BCUT2D eigenvalue weighted by molar-refractivity contribution is 5.74. The summed E-state index contributed by atoms with van der Waals surface area (Å²) in [6.45, 7) is 8.70. The molecule has 0 unspecified atom stereocenters. The number of amides is 2. The summed E-state index contributed by atoms with van der Waals surface area (Å²) < 4.78 is 0. The van der Waals surface area contributed by atoms with Crippen LogP contribution in [0.3, 0.4) is 0 Å². The summed E-state index contributed by atoms with van der Waals surface area (Å²) in [6.07, 6.45) is 4.06. The number of nitrogens with one attached hydrogen (secondary N) is 1. The second kappa shape index (κ2) is 7.83. The first-order chi connectivity index (χ1) is 11.6. The molecule has 0 atom stereocenters. The van der Waals surface area contributed by atoms with Crippen molar-refractivity contribution in [3.05, 3.63) is 23.9 Å². The summed E-state index contributed by atoms with van der Waals surface area (Å²) in [5.41, 5.74) is 1.11. The first-order valence-electron chi connectivity index (χ1n) is 9.03. The van der Waals surface area contributed by atoms with Gasteiger partial charge in [-0.1, -0.05) is 6.92 Å². The lowest BCUT2D eigenvalue weighted by molar-refractivity contribution is 0.173. The highest BCUT2D eigenvalue weighted by Gasteiger charge is 2.20. The van der Waals surface area contributed by atoms with Gasteiger partial charge in [-0.05, 0) is 43.5 Å². The summed E-state index contributed by atoms with van der Waals surface area (Å²) >= 11 is 0. The van der Waals surface area contributed by atoms with Crippen LogP contribution in [0.4, 0.5) is 10.6 Å². The van der Waals surface area contributed by atoms with E-state index >= 15 is 0 Å². The first-order valence-corrected chi connectivity index (χ1v) is 9.03. The maximum atomic E-state index is 12.3. The monoisotopic (exact) mass is 331 g/mol. The Morgan fingerprint density at radius 1 is 1.21 bits per heavy atom. The van der Waals surface area contributed by atoms with Gasteiger partial charge in [-0.15, -0.1) is 0 Å². The van der Waals surface area contributed by atoms with E-state index in [2.05, 4.69) is 40.1 Å². The average Bonchev–Trinajstić information content (AvgIpc) is 2.61. The molecule has 6 nitrogen and oxygen atoms in total. The molecular weight excluding hydrogens is 302 g/mol. The molecule has 24 heavy (non-hydrogen) atoms. The number of hydrogen-bond donors (Lipinski definition) is 1. The van der Waals surface area contributed by atoms with Crippen molar-refractivity contribution in [3.63, 3.8) is 0 Å². The number of likely N-dealkylation sites (N-methyl/N-ethyl adjacent to an activating group) is 1. The third kappa shape index (κ3) is 4.38. The molecule has 6 heteroatoms. The number of carbonyl (C=O) groups excluding carboxylic acids is 1. The van der Waals surface area contributed by atoms with Crippen molar-refractivity contribution >= 4 is 11.8 Å². The summed E-state index contributed by atoms with van der Waals surface area (Å²) in [7, 11) is 2.15. The highest BCUT2D eigenvalue weighted by Crippen LogP contribution is 2.17. The Kier molecular flexibility index (Phi) is 5.56. The smallest absolute Gasteiger partial charge is 0.317 e. The summed E-state index contributed by atoms with van der Waals surface area (Å²) in [4.78, 5) is 23.4. The predicted molar refractivity (Wildman–Crippen MR) is 96.2 cm³/mol. The molecule has 0 spiro atoms. The van der Waals surface area contributed by atoms with Gasteiger partial charge in [0.15, 0.2) is 0 Å². The van der Waals surface area contributed by atoms with Crippen LogP contribution in [0, 0.1) is 5.92 Å². The third-order valence-electron chi connectivity index (χ3n) is 5.15.